The van der Waals surface area contributed by atoms with Crippen molar-refractivity contribution in [1.29, 1.82) is 5.26 Å². The summed E-state index contributed by atoms with van der Waals surface area (Å²) in [6.07, 6.45) is 2.69. The molecule has 114 valence electrons. The van der Waals surface area contributed by atoms with Crippen molar-refractivity contribution in [2.24, 2.45) is 0 Å². The zero-order valence-electron chi connectivity index (χ0n) is 11.0. The first-order valence-electron chi connectivity index (χ1n) is 6.39. The lowest BCUT2D eigenvalue weighted by atomic mass is 9.84. The van der Waals surface area contributed by atoms with Gasteiger partial charge in [-0.25, -0.2) is 21.6 Å². The predicted molar refractivity (Wildman–Crippen MR) is 68.1 cm³/mol. The molecule has 1 fully saturated rings. The first kappa shape index (κ1) is 15.8. The molecule has 0 radical (unpaired) electrons. The summed E-state index contributed by atoms with van der Waals surface area (Å²) in [5.74, 6) is -4.26. The van der Waals surface area contributed by atoms with E-state index in [9.17, 15) is 26.9 Å². The van der Waals surface area contributed by atoms with Crippen molar-refractivity contribution in [2.45, 2.75) is 42.5 Å². The number of nitriles is 1. The number of hydrogen-bond donors (Lipinski definition) is 1. The smallest absolute Gasteiger partial charge is 0.207 e. The molecule has 0 heterocycles. The lowest BCUT2D eigenvalue weighted by Crippen LogP contribution is -2.48. The summed E-state index contributed by atoms with van der Waals surface area (Å²) in [6.45, 7) is 0. The van der Waals surface area contributed by atoms with E-state index in [1.165, 1.54) is 0 Å². The highest BCUT2D eigenvalue weighted by Gasteiger charge is 2.38. The molecule has 1 saturated carbocycles. The third kappa shape index (κ3) is 3.19. The Balaban J connectivity index is 2.42. The number of nitrogens with zero attached hydrogens (tertiary/aromatic N) is 1. The molecule has 0 spiro atoms. The molecule has 1 N–H and O–H groups in total. The van der Waals surface area contributed by atoms with Crippen LogP contribution in [0.25, 0.3) is 0 Å². The molecule has 1 aromatic carbocycles. The topological polar surface area (TPSA) is 70.0 Å². The van der Waals surface area contributed by atoms with Crippen LogP contribution in [0.5, 0.6) is 0 Å². The lowest BCUT2D eigenvalue weighted by molar-refractivity contribution is 0.337. The van der Waals surface area contributed by atoms with Crippen LogP contribution >= 0.6 is 0 Å². The molecule has 4 nitrogen and oxygen atoms in total. The quantitative estimate of drug-likeness (QED) is 0.931. The summed E-state index contributed by atoms with van der Waals surface area (Å²) in [7, 11) is -4.60. The van der Waals surface area contributed by atoms with Crippen LogP contribution in [0.1, 0.15) is 32.1 Å². The van der Waals surface area contributed by atoms with Gasteiger partial charge in [0.15, 0.2) is 4.90 Å². The second-order valence-corrected chi connectivity index (χ2v) is 6.68. The normalized spacial score (nSPS) is 18.2. The molecule has 0 amide bonds. The van der Waals surface area contributed by atoms with E-state index in [2.05, 4.69) is 4.72 Å². The molecule has 1 aliphatic rings. The Hall–Kier alpha value is -1.59. The molecule has 0 saturated heterocycles. The Bertz CT molecular complexity index is 669. The van der Waals surface area contributed by atoms with Crippen LogP contribution in [-0.4, -0.2) is 14.0 Å². The van der Waals surface area contributed by atoms with Gasteiger partial charge in [-0.1, -0.05) is 19.3 Å². The van der Waals surface area contributed by atoms with Crippen LogP contribution in [0.4, 0.5) is 13.2 Å². The van der Waals surface area contributed by atoms with Crippen molar-refractivity contribution in [2.75, 3.05) is 0 Å². The SMILES string of the molecule is N#CC1(NS(=O)(=O)c2c(F)cc(F)cc2F)CCCCC1. The van der Waals surface area contributed by atoms with Gasteiger partial charge in [0.05, 0.1) is 6.07 Å². The summed E-state index contributed by atoms with van der Waals surface area (Å²) in [5, 5.41) is 9.21. The highest BCUT2D eigenvalue weighted by molar-refractivity contribution is 7.89. The molecule has 1 aromatic rings. The van der Waals surface area contributed by atoms with Crippen LogP contribution in [0.15, 0.2) is 17.0 Å². The van der Waals surface area contributed by atoms with Crippen LogP contribution < -0.4 is 4.72 Å². The van der Waals surface area contributed by atoms with E-state index in [4.69, 9.17) is 0 Å². The summed E-state index contributed by atoms with van der Waals surface area (Å²) in [5.41, 5.74) is -1.37. The fourth-order valence-corrected chi connectivity index (χ4v) is 3.98. The van der Waals surface area contributed by atoms with E-state index in [0.717, 1.165) is 6.42 Å². The van der Waals surface area contributed by atoms with Crippen molar-refractivity contribution >= 4 is 10.0 Å². The van der Waals surface area contributed by atoms with Gasteiger partial charge in [0.2, 0.25) is 10.0 Å². The minimum atomic E-state index is -4.60. The van der Waals surface area contributed by atoms with Gasteiger partial charge < -0.3 is 0 Å². The maximum Gasteiger partial charge on any atom is 0.247 e. The number of rotatable bonds is 3. The van der Waals surface area contributed by atoms with Gasteiger partial charge in [0.25, 0.3) is 0 Å². The molecule has 0 aromatic heterocycles. The second kappa shape index (κ2) is 5.66. The van der Waals surface area contributed by atoms with E-state index >= 15 is 0 Å². The van der Waals surface area contributed by atoms with Crippen molar-refractivity contribution < 1.29 is 21.6 Å². The van der Waals surface area contributed by atoms with Gasteiger partial charge in [0, 0.05) is 12.1 Å². The standard InChI is InChI=1S/C13H13F3N2O2S/c14-9-6-10(15)12(11(16)7-9)21(19,20)18-13(8-17)4-2-1-3-5-13/h6-7,18H,1-5H2. The molecule has 8 heteroatoms. The lowest BCUT2D eigenvalue weighted by Gasteiger charge is -2.31. The first-order chi connectivity index (χ1) is 9.80. The maximum absolute atomic E-state index is 13.6. The minimum absolute atomic E-state index is 0.271. The largest absolute Gasteiger partial charge is 0.247 e. The van der Waals surface area contributed by atoms with Crippen molar-refractivity contribution in [1.82, 2.24) is 4.72 Å². The van der Waals surface area contributed by atoms with Gasteiger partial charge in [-0.3, -0.25) is 0 Å². The molecule has 1 aliphatic carbocycles. The van der Waals surface area contributed by atoms with Gasteiger partial charge >= 0.3 is 0 Å². The van der Waals surface area contributed by atoms with Crippen LogP contribution in [0.3, 0.4) is 0 Å². The van der Waals surface area contributed by atoms with Crippen molar-refractivity contribution in [3.8, 4) is 6.07 Å². The van der Waals surface area contributed by atoms with Gasteiger partial charge in [-0.15, -0.1) is 0 Å². The molecular weight excluding hydrogens is 305 g/mol. The minimum Gasteiger partial charge on any atom is -0.207 e. The van der Waals surface area contributed by atoms with Gasteiger partial charge in [-0.2, -0.15) is 9.98 Å². The van der Waals surface area contributed by atoms with E-state index < -0.39 is 37.9 Å². The monoisotopic (exact) mass is 318 g/mol. The van der Waals surface area contributed by atoms with E-state index in [1.54, 1.807) is 0 Å². The summed E-state index contributed by atoms with van der Waals surface area (Å²) in [4.78, 5) is -1.26. The van der Waals surface area contributed by atoms with Crippen molar-refractivity contribution in [3.05, 3.63) is 29.6 Å². The molecular formula is C13H13F3N2O2S. The highest BCUT2D eigenvalue weighted by Crippen LogP contribution is 2.30. The average molecular weight is 318 g/mol. The first-order valence-corrected chi connectivity index (χ1v) is 7.88. The predicted octanol–water partition coefficient (Wildman–Crippen LogP) is 2.61. The third-order valence-corrected chi connectivity index (χ3v) is 5.07. The summed E-state index contributed by atoms with van der Waals surface area (Å²) >= 11 is 0. The van der Waals surface area contributed by atoms with Crippen LogP contribution in [0, 0.1) is 28.8 Å². The van der Waals surface area contributed by atoms with Crippen LogP contribution in [-0.2, 0) is 10.0 Å². The third-order valence-electron chi connectivity index (χ3n) is 3.48. The molecule has 0 aliphatic heterocycles. The van der Waals surface area contributed by atoms with Gasteiger partial charge in [-0.05, 0) is 12.8 Å². The van der Waals surface area contributed by atoms with E-state index in [-0.39, 0.29) is 25.0 Å². The second-order valence-electron chi connectivity index (χ2n) is 5.06. The Morgan fingerprint density at radius 2 is 1.62 bits per heavy atom. The molecule has 0 atom stereocenters. The number of nitrogens with one attached hydrogen (secondary N) is 1. The average Bonchev–Trinajstić information content (AvgIpc) is 2.37. The zero-order valence-corrected chi connectivity index (χ0v) is 11.8. The number of hydrogen-bond acceptors (Lipinski definition) is 3. The van der Waals surface area contributed by atoms with Gasteiger partial charge in [0.1, 0.15) is 23.0 Å². The summed E-state index contributed by atoms with van der Waals surface area (Å²) in [6, 6.07) is 2.46. The summed E-state index contributed by atoms with van der Waals surface area (Å²) < 4.78 is 66.5. The highest BCUT2D eigenvalue weighted by atomic mass is 32.2. The Morgan fingerprint density at radius 3 is 2.10 bits per heavy atom. The molecule has 0 bridgehead atoms. The number of halogens is 3. The van der Waals surface area contributed by atoms with Crippen LogP contribution in [0.2, 0.25) is 0 Å². The molecule has 0 unspecified atom stereocenters. The molecule has 21 heavy (non-hydrogen) atoms. The Labute approximate surface area is 120 Å². The number of benzene rings is 1. The zero-order chi connectivity index (χ0) is 15.7. The van der Waals surface area contributed by atoms with Crippen molar-refractivity contribution in [3.63, 3.8) is 0 Å². The maximum atomic E-state index is 13.6. The fraction of sp³-hybridized carbons (Fsp3) is 0.462. The Kier molecular flexibility index (Phi) is 4.25. The van der Waals surface area contributed by atoms with E-state index in [1.807, 2.05) is 6.07 Å². The Morgan fingerprint density at radius 1 is 1.10 bits per heavy atom. The van der Waals surface area contributed by atoms with E-state index in [0.29, 0.717) is 12.8 Å². The molecule has 2 rings (SSSR count). The fourth-order valence-electron chi connectivity index (χ4n) is 2.49. The number of sulfonamides is 1.